The summed E-state index contributed by atoms with van der Waals surface area (Å²) in [5, 5.41) is 0.0647. The molecule has 0 aliphatic carbocycles. The summed E-state index contributed by atoms with van der Waals surface area (Å²) in [6.45, 7) is 2.18. The highest BCUT2D eigenvalue weighted by Gasteiger charge is 2.65. The molecule has 6 aromatic rings. The number of carbonyl (C=O) groups is 1. The lowest BCUT2D eigenvalue weighted by atomic mass is 9.79. The molecule has 2 bridgehead atoms. The third-order valence-electron chi connectivity index (χ3n) is 11.4. The molecule has 3 aliphatic heterocycles. The van der Waals surface area contributed by atoms with Crippen molar-refractivity contribution in [1.82, 2.24) is 24.2 Å². The van der Waals surface area contributed by atoms with Crippen LogP contribution >= 0.6 is 30.6 Å². The number of carbonyl (C=O) groups excluding carboxylic acids is 1. The number of rotatable bonds is 17. The monoisotopic (exact) mass is 878 g/mol. The normalized spacial score (nSPS) is 21.8. The van der Waals surface area contributed by atoms with Crippen molar-refractivity contribution in [3.05, 3.63) is 144 Å². The van der Waals surface area contributed by atoms with Crippen LogP contribution in [0.4, 0.5) is 5.82 Å². The number of benzene rings is 4. The maximum absolute atomic E-state index is 13.0. The van der Waals surface area contributed by atoms with E-state index in [1.807, 2.05) is 102 Å². The minimum Gasteiger partial charge on any atom is -0.497 e. The molecule has 5 heterocycles. The van der Waals surface area contributed by atoms with Gasteiger partial charge in [-0.05, 0) is 53.8 Å². The SMILES string of the molecule is COc1ccc(C(OC[C@@]23COC([C@H](n4cnc5c(N)ncnc54)O2)[C@H]3OP(SCCSC(=O)c2ccccc2)N2CCCC2)(c2ccccc2)c2ccc(OC)cc2)cc1. The largest absolute Gasteiger partial charge is 0.497 e. The summed E-state index contributed by atoms with van der Waals surface area (Å²) in [6.07, 6.45) is 3.55. The van der Waals surface area contributed by atoms with Gasteiger partial charge in [-0.1, -0.05) is 108 Å². The molecule has 61 heavy (non-hydrogen) atoms. The minimum atomic E-state index is -1.19. The standard InChI is InChI=1S/C45H47N6O7PS2/c1-53-35-19-15-33(16-20-35)45(32-13-7-4-8-14-32,34-17-21-36(54-2)22-18-34)56-28-44-27-55-38(42(57-44)51-30-49-37-40(46)47-29-48-41(37)51)39(44)58-59(50-23-9-10-24-50)61-26-25-60-43(52)31-11-5-3-6-12-31/h3-8,11-22,29-30,38-39,42H,9-10,23-28H2,1-2H3,(H2,46,47,48)/t38?,39-,42-,44-,59?/m1/s1. The number of hydrogen-bond donors (Lipinski definition) is 1. The zero-order valence-electron chi connectivity index (χ0n) is 33.9. The van der Waals surface area contributed by atoms with E-state index < -0.39 is 37.1 Å². The van der Waals surface area contributed by atoms with Crippen molar-refractivity contribution in [2.24, 2.45) is 0 Å². The van der Waals surface area contributed by atoms with Gasteiger partial charge in [0, 0.05) is 30.2 Å². The Morgan fingerprint density at radius 3 is 2.15 bits per heavy atom. The van der Waals surface area contributed by atoms with Crippen LogP contribution in [-0.4, -0.2) is 99.1 Å². The van der Waals surface area contributed by atoms with E-state index in [9.17, 15) is 4.79 Å². The first-order valence-electron chi connectivity index (χ1n) is 20.2. The van der Waals surface area contributed by atoms with E-state index in [-0.39, 0.29) is 24.1 Å². The van der Waals surface area contributed by atoms with Crippen molar-refractivity contribution in [3.63, 3.8) is 0 Å². The van der Waals surface area contributed by atoms with Gasteiger partial charge in [-0.2, -0.15) is 0 Å². The fraction of sp³-hybridized carbons (Fsp3) is 0.333. The number of nitrogens with two attached hydrogens (primary N) is 1. The summed E-state index contributed by atoms with van der Waals surface area (Å²) in [4.78, 5) is 26.3. The summed E-state index contributed by atoms with van der Waals surface area (Å²) in [5.74, 6) is 3.12. The highest BCUT2D eigenvalue weighted by atomic mass is 32.7. The predicted octanol–water partition coefficient (Wildman–Crippen LogP) is 8.12. The van der Waals surface area contributed by atoms with Crippen LogP contribution in [0.1, 0.15) is 46.1 Å². The Balaban J connectivity index is 1.08. The molecular weight excluding hydrogens is 832 g/mol. The second-order valence-corrected chi connectivity index (χ2v) is 19.7. The molecule has 0 saturated carbocycles. The molecule has 316 valence electrons. The molecule has 16 heteroatoms. The van der Waals surface area contributed by atoms with Gasteiger partial charge in [-0.3, -0.25) is 14.0 Å². The van der Waals surface area contributed by atoms with E-state index in [4.69, 9.17) is 33.9 Å². The number of thioether (sulfide) groups is 1. The zero-order chi connectivity index (χ0) is 41.8. The van der Waals surface area contributed by atoms with E-state index in [1.54, 1.807) is 31.9 Å². The van der Waals surface area contributed by atoms with Crippen LogP contribution in [0.2, 0.25) is 0 Å². The average Bonchev–Trinajstić information content (AvgIpc) is 4.13. The molecule has 13 nitrogen and oxygen atoms in total. The number of aromatic nitrogens is 4. The lowest BCUT2D eigenvalue weighted by Crippen LogP contribution is -2.49. The van der Waals surface area contributed by atoms with Gasteiger partial charge < -0.3 is 33.9 Å². The molecule has 4 aromatic carbocycles. The number of fused-ring (bicyclic) bond motifs is 3. The lowest BCUT2D eigenvalue weighted by molar-refractivity contribution is -0.201. The van der Waals surface area contributed by atoms with Crippen LogP contribution in [-0.2, 0) is 24.3 Å². The number of nitrogens with zero attached hydrogens (tertiary/aromatic N) is 5. The van der Waals surface area contributed by atoms with Crippen molar-refractivity contribution in [1.29, 1.82) is 0 Å². The first-order valence-corrected chi connectivity index (χ1v) is 24.0. The van der Waals surface area contributed by atoms with Crippen molar-refractivity contribution in [2.75, 3.05) is 57.8 Å². The van der Waals surface area contributed by atoms with E-state index in [0.29, 0.717) is 22.5 Å². The van der Waals surface area contributed by atoms with Crippen LogP contribution in [0.25, 0.3) is 11.2 Å². The Labute approximate surface area is 364 Å². The number of methoxy groups -OCH3 is 2. The van der Waals surface area contributed by atoms with E-state index in [1.165, 1.54) is 18.1 Å². The zero-order valence-corrected chi connectivity index (χ0v) is 36.4. The molecule has 3 aliphatic rings. The summed E-state index contributed by atoms with van der Waals surface area (Å²) < 4.78 is 44.4. The molecule has 0 spiro atoms. The van der Waals surface area contributed by atoms with Crippen LogP contribution < -0.4 is 15.2 Å². The first kappa shape index (κ1) is 41.8. The fourth-order valence-electron chi connectivity index (χ4n) is 8.28. The molecular formula is C45H47N6O7PS2. The van der Waals surface area contributed by atoms with E-state index >= 15 is 0 Å². The topological polar surface area (TPSA) is 145 Å². The van der Waals surface area contributed by atoms with Gasteiger partial charge in [0.1, 0.15) is 46.8 Å². The highest BCUT2D eigenvalue weighted by molar-refractivity contribution is 8.53. The number of anilines is 1. The number of hydrogen-bond acceptors (Lipinski definition) is 14. The van der Waals surface area contributed by atoms with Gasteiger partial charge in [0.15, 0.2) is 25.2 Å². The van der Waals surface area contributed by atoms with Crippen LogP contribution in [0.15, 0.2) is 122 Å². The second-order valence-electron chi connectivity index (χ2n) is 15.0. The minimum absolute atomic E-state index is 0.0647. The van der Waals surface area contributed by atoms with Crippen molar-refractivity contribution < 1.29 is 33.0 Å². The van der Waals surface area contributed by atoms with Crippen molar-refractivity contribution in [2.45, 2.75) is 42.5 Å². The van der Waals surface area contributed by atoms with E-state index in [0.717, 1.165) is 59.9 Å². The Bertz CT molecular complexity index is 2360. The Morgan fingerprint density at radius 2 is 1.49 bits per heavy atom. The number of imidazole rings is 1. The number of nitrogen functional groups attached to an aromatic ring is 1. The van der Waals surface area contributed by atoms with Crippen molar-refractivity contribution in [3.8, 4) is 11.5 Å². The van der Waals surface area contributed by atoms with Gasteiger partial charge in [0.25, 0.3) is 0 Å². The van der Waals surface area contributed by atoms with Gasteiger partial charge in [-0.15, -0.1) is 0 Å². The Hall–Kier alpha value is -4.57. The highest BCUT2D eigenvalue weighted by Crippen LogP contribution is 2.61. The smallest absolute Gasteiger partial charge is 0.219 e. The van der Waals surface area contributed by atoms with Crippen LogP contribution in [0, 0.1) is 0 Å². The molecule has 0 amide bonds. The molecule has 9 rings (SSSR count). The summed E-state index contributed by atoms with van der Waals surface area (Å²) in [7, 11) is 2.13. The molecule has 3 saturated heterocycles. The van der Waals surface area contributed by atoms with Gasteiger partial charge >= 0.3 is 0 Å². The fourth-order valence-corrected chi connectivity index (χ4v) is 13.6. The van der Waals surface area contributed by atoms with Gasteiger partial charge in [0.2, 0.25) is 5.12 Å². The maximum Gasteiger partial charge on any atom is 0.219 e. The third-order valence-corrected chi connectivity index (χ3v) is 16.6. The molecule has 2 unspecified atom stereocenters. The predicted molar refractivity (Wildman–Crippen MR) is 239 cm³/mol. The molecule has 0 radical (unpaired) electrons. The van der Waals surface area contributed by atoms with Gasteiger partial charge in [0.05, 0.1) is 33.8 Å². The molecule has 2 N–H and O–H groups in total. The Morgan fingerprint density at radius 1 is 0.852 bits per heavy atom. The first-order chi connectivity index (χ1) is 29.9. The summed E-state index contributed by atoms with van der Waals surface area (Å²) in [6, 6.07) is 35.6. The maximum atomic E-state index is 13.0. The quantitative estimate of drug-likeness (QED) is 0.0535. The van der Waals surface area contributed by atoms with Gasteiger partial charge in [-0.25, -0.2) is 15.0 Å². The summed E-state index contributed by atoms with van der Waals surface area (Å²) >= 11 is 3.10. The second kappa shape index (κ2) is 18.4. The van der Waals surface area contributed by atoms with E-state index in [2.05, 4.69) is 31.8 Å². The summed E-state index contributed by atoms with van der Waals surface area (Å²) in [5.41, 5.74) is 8.52. The third kappa shape index (κ3) is 8.26. The van der Waals surface area contributed by atoms with Crippen LogP contribution in [0.3, 0.4) is 0 Å². The van der Waals surface area contributed by atoms with Crippen LogP contribution in [0.5, 0.6) is 11.5 Å². The number of ether oxygens (including phenoxy) is 5. The average molecular weight is 879 g/mol. The molecule has 2 aromatic heterocycles. The van der Waals surface area contributed by atoms with Crippen molar-refractivity contribution >= 4 is 52.7 Å². The molecule has 5 atom stereocenters. The Kier molecular flexibility index (Phi) is 12.6. The molecule has 3 fully saturated rings. The lowest BCUT2D eigenvalue weighted by Gasteiger charge is -2.40.